The lowest BCUT2D eigenvalue weighted by molar-refractivity contribution is 1.24. The highest BCUT2D eigenvalue weighted by Crippen LogP contribution is 2.38. The van der Waals surface area contributed by atoms with Crippen molar-refractivity contribution in [2.24, 2.45) is 0 Å². The largest absolute Gasteiger partial charge is 0.310 e. The Hall–Kier alpha value is -1.77. The zero-order valence-electron chi connectivity index (χ0n) is 14.0. The molecular weight excluding hydrogens is 382 g/mol. The van der Waals surface area contributed by atoms with Crippen LogP contribution in [0.1, 0.15) is 16.7 Å². The van der Waals surface area contributed by atoms with Crippen LogP contribution in [0, 0.1) is 20.8 Å². The van der Waals surface area contributed by atoms with Gasteiger partial charge >= 0.3 is 0 Å². The maximum atomic E-state index is 6.31. The van der Waals surface area contributed by atoms with Crippen LogP contribution in [0.5, 0.6) is 0 Å². The normalized spacial score (nSPS) is 10.7. The Labute approximate surface area is 157 Å². The number of hydrogen-bond acceptors (Lipinski definition) is 1. The molecule has 0 heterocycles. The molecule has 0 fully saturated rings. The molecule has 122 valence electrons. The van der Waals surface area contributed by atoms with Gasteiger partial charge in [-0.2, -0.15) is 0 Å². The molecule has 24 heavy (non-hydrogen) atoms. The molecule has 1 nitrogen and oxygen atoms in total. The van der Waals surface area contributed by atoms with Crippen LogP contribution in [0.2, 0.25) is 5.02 Å². The van der Waals surface area contributed by atoms with E-state index in [2.05, 4.69) is 90.1 Å². The molecule has 0 saturated heterocycles. The van der Waals surface area contributed by atoms with Gasteiger partial charge in [-0.1, -0.05) is 45.7 Å². The van der Waals surface area contributed by atoms with Gasteiger partial charge < -0.3 is 4.90 Å². The molecule has 0 atom stereocenters. The summed E-state index contributed by atoms with van der Waals surface area (Å²) in [7, 11) is 0. The van der Waals surface area contributed by atoms with Crippen LogP contribution in [0.15, 0.2) is 65.1 Å². The van der Waals surface area contributed by atoms with E-state index in [1.54, 1.807) is 0 Å². The van der Waals surface area contributed by atoms with E-state index in [9.17, 15) is 0 Å². The highest BCUT2D eigenvalue weighted by Gasteiger charge is 2.14. The summed E-state index contributed by atoms with van der Waals surface area (Å²) in [6.07, 6.45) is 0. The van der Waals surface area contributed by atoms with Crippen molar-refractivity contribution < 1.29 is 0 Å². The third-order valence-electron chi connectivity index (χ3n) is 3.83. The number of nitrogens with zero attached hydrogens (tertiary/aromatic N) is 1. The summed E-state index contributed by atoms with van der Waals surface area (Å²) >= 11 is 9.86. The SMILES string of the molecule is Cc1cccc(N(c2cc(C)cc(C)c2)c2cc(Cl)cc(Br)c2)c1. The maximum Gasteiger partial charge on any atom is 0.0487 e. The second-order valence-electron chi connectivity index (χ2n) is 6.15. The first kappa shape index (κ1) is 17.1. The quantitative estimate of drug-likeness (QED) is 0.440. The highest BCUT2D eigenvalue weighted by molar-refractivity contribution is 9.10. The van der Waals surface area contributed by atoms with Crippen molar-refractivity contribution in [2.45, 2.75) is 20.8 Å². The Morgan fingerprint density at radius 3 is 1.96 bits per heavy atom. The molecule has 0 N–H and O–H groups in total. The Morgan fingerprint density at radius 2 is 1.33 bits per heavy atom. The molecule has 3 heteroatoms. The van der Waals surface area contributed by atoms with Crippen LogP contribution < -0.4 is 4.90 Å². The monoisotopic (exact) mass is 399 g/mol. The third-order valence-corrected chi connectivity index (χ3v) is 4.51. The number of halogens is 2. The van der Waals surface area contributed by atoms with Gasteiger partial charge in [0.2, 0.25) is 0 Å². The molecule has 0 amide bonds. The van der Waals surface area contributed by atoms with E-state index in [0.717, 1.165) is 21.5 Å². The summed E-state index contributed by atoms with van der Waals surface area (Å²) in [6, 6.07) is 21.1. The fraction of sp³-hybridized carbons (Fsp3) is 0.143. The van der Waals surface area contributed by atoms with E-state index in [1.165, 1.54) is 16.7 Å². The molecule has 0 spiro atoms. The zero-order valence-corrected chi connectivity index (χ0v) is 16.3. The van der Waals surface area contributed by atoms with Crippen molar-refractivity contribution in [3.63, 3.8) is 0 Å². The van der Waals surface area contributed by atoms with Gasteiger partial charge in [0.05, 0.1) is 0 Å². The standard InChI is InChI=1S/C21H19BrClN/c1-14-5-4-6-19(8-14)24(20-9-15(2)7-16(3)10-20)21-12-17(22)11-18(23)13-21/h4-13H,1-3H3. The van der Waals surface area contributed by atoms with E-state index in [0.29, 0.717) is 5.02 Å². The van der Waals surface area contributed by atoms with E-state index in [1.807, 2.05) is 12.1 Å². The summed E-state index contributed by atoms with van der Waals surface area (Å²) in [5.41, 5.74) is 6.99. The van der Waals surface area contributed by atoms with Crippen LogP contribution in [0.3, 0.4) is 0 Å². The number of hydrogen-bond donors (Lipinski definition) is 0. The second kappa shape index (κ2) is 7.00. The third kappa shape index (κ3) is 3.82. The van der Waals surface area contributed by atoms with E-state index < -0.39 is 0 Å². The minimum Gasteiger partial charge on any atom is -0.310 e. The van der Waals surface area contributed by atoms with Gasteiger partial charge in [0, 0.05) is 26.6 Å². The summed E-state index contributed by atoms with van der Waals surface area (Å²) in [5, 5.41) is 0.710. The van der Waals surface area contributed by atoms with Gasteiger partial charge in [-0.15, -0.1) is 0 Å². The molecule has 0 aliphatic rings. The summed E-state index contributed by atoms with van der Waals surface area (Å²) in [6.45, 7) is 6.36. The predicted molar refractivity (Wildman–Crippen MR) is 108 cm³/mol. The first-order valence-corrected chi connectivity index (χ1v) is 9.01. The predicted octanol–water partition coefficient (Wildman–Crippen LogP) is 7.50. The fourth-order valence-corrected chi connectivity index (χ4v) is 3.80. The van der Waals surface area contributed by atoms with Gasteiger partial charge in [-0.05, 0) is 79.9 Å². The molecule has 0 aliphatic heterocycles. The van der Waals surface area contributed by atoms with Crippen LogP contribution in [-0.2, 0) is 0 Å². The summed E-state index contributed by atoms with van der Waals surface area (Å²) < 4.78 is 0.965. The van der Waals surface area contributed by atoms with Crippen molar-refractivity contribution in [2.75, 3.05) is 4.90 Å². The molecular formula is C21H19BrClN. The van der Waals surface area contributed by atoms with Crippen LogP contribution in [-0.4, -0.2) is 0 Å². The molecule has 0 unspecified atom stereocenters. The molecule has 0 saturated carbocycles. The molecule has 3 rings (SSSR count). The number of rotatable bonds is 3. The number of benzene rings is 3. The van der Waals surface area contributed by atoms with Crippen LogP contribution >= 0.6 is 27.5 Å². The van der Waals surface area contributed by atoms with Crippen LogP contribution in [0.4, 0.5) is 17.1 Å². The molecule has 3 aromatic carbocycles. The Morgan fingerprint density at radius 1 is 0.708 bits per heavy atom. The maximum absolute atomic E-state index is 6.31. The lowest BCUT2D eigenvalue weighted by atomic mass is 10.1. The summed E-state index contributed by atoms with van der Waals surface area (Å²) in [5.74, 6) is 0. The number of aryl methyl sites for hydroxylation is 3. The van der Waals surface area contributed by atoms with E-state index >= 15 is 0 Å². The average Bonchev–Trinajstić information content (AvgIpc) is 2.45. The van der Waals surface area contributed by atoms with Gasteiger partial charge in [-0.3, -0.25) is 0 Å². The van der Waals surface area contributed by atoms with Crippen molar-refractivity contribution in [1.29, 1.82) is 0 Å². The van der Waals surface area contributed by atoms with Gasteiger partial charge in [0.1, 0.15) is 0 Å². The first-order valence-electron chi connectivity index (χ1n) is 7.83. The second-order valence-corrected chi connectivity index (χ2v) is 7.50. The topological polar surface area (TPSA) is 3.24 Å². The number of anilines is 3. The lowest BCUT2D eigenvalue weighted by Gasteiger charge is -2.27. The molecule has 3 aromatic rings. The van der Waals surface area contributed by atoms with Crippen molar-refractivity contribution in [1.82, 2.24) is 0 Å². The molecule has 0 aliphatic carbocycles. The average molecular weight is 401 g/mol. The van der Waals surface area contributed by atoms with Gasteiger partial charge in [0.15, 0.2) is 0 Å². The molecule has 0 bridgehead atoms. The molecule has 0 aromatic heterocycles. The zero-order chi connectivity index (χ0) is 17.3. The van der Waals surface area contributed by atoms with Crippen molar-refractivity contribution >= 4 is 44.6 Å². The minimum atomic E-state index is 0.710. The Balaban J connectivity index is 2.24. The van der Waals surface area contributed by atoms with Crippen molar-refractivity contribution in [3.8, 4) is 0 Å². The van der Waals surface area contributed by atoms with Gasteiger partial charge in [-0.25, -0.2) is 0 Å². The minimum absolute atomic E-state index is 0.710. The fourth-order valence-electron chi connectivity index (χ4n) is 2.96. The highest BCUT2D eigenvalue weighted by atomic mass is 79.9. The smallest absolute Gasteiger partial charge is 0.0487 e. The first-order chi connectivity index (χ1) is 11.4. The van der Waals surface area contributed by atoms with E-state index in [-0.39, 0.29) is 0 Å². The Bertz CT molecular complexity index is 797. The summed E-state index contributed by atoms with van der Waals surface area (Å²) in [4.78, 5) is 2.24. The molecule has 0 radical (unpaired) electrons. The van der Waals surface area contributed by atoms with Crippen molar-refractivity contribution in [3.05, 3.63) is 86.8 Å². The van der Waals surface area contributed by atoms with E-state index in [4.69, 9.17) is 11.6 Å². The lowest BCUT2D eigenvalue weighted by Crippen LogP contribution is -2.10. The van der Waals surface area contributed by atoms with Gasteiger partial charge in [0.25, 0.3) is 0 Å². The van der Waals surface area contributed by atoms with Crippen LogP contribution in [0.25, 0.3) is 0 Å². The Kier molecular flexibility index (Phi) is 4.98.